The van der Waals surface area contributed by atoms with Crippen LogP contribution in [0.4, 0.5) is 0 Å². The first-order valence-electron chi connectivity index (χ1n) is 7.68. The van der Waals surface area contributed by atoms with Crippen molar-refractivity contribution in [2.75, 3.05) is 7.11 Å². The molecule has 25 heavy (non-hydrogen) atoms. The quantitative estimate of drug-likeness (QED) is 0.733. The van der Waals surface area contributed by atoms with Crippen LogP contribution < -0.4 is 20.6 Å². The summed E-state index contributed by atoms with van der Waals surface area (Å²) in [5, 5.41) is 0. The van der Waals surface area contributed by atoms with Gasteiger partial charge >= 0.3 is 0 Å². The van der Waals surface area contributed by atoms with Gasteiger partial charge in [-0.1, -0.05) is 6.07 Å². The third-order valence-electron chi connectivity index (χ3n) is 3.88. The van der Waals surface area contributed by atoms with E-state index in [1.165, 1.54) is 15.2 Å². The maximum absolute atomic E-state index is 12.6. The molecule has 0 bridgehead atoms. The Morgan fingerprint density at radius 2 is 1.68 bits per heavy atom. The SMILES string of the molecule is COc1cccc(Oc2c(-c3ccc(=O)n(C)c3)ccn(C)c2=O)c1. The highest BCUT2D eigenvalue weighted by atomic mass is 16.5. The number of pyridine rings is 2. The van der Waals surface area contributed by atoms with Crippen LogP contribution in [-0.2, 0) is 14.1 Å². The second kappa shape index (κ2) is 6.68. The van der Waals surface area contributed by atoms with Crippen LogP contribution in [0.1, 0.15) is 0 Å². The van der Waals surface area contributed by atoms with Gasteiger partial charge in [-0.2, -0.15) is 0 Å². The Morgan fingerprint density at radius 3 is 2.40 bits per heavy atom. The first kappa shape index (κ1) is 16.6. The van der Waals surface area contributed by atoms with Crippen molar-refractivity contribution in [2.24, 2.45) is 14.1 Å². The normalized spacial score (nSPS) is 10.5. The van der Waals surface area contributed by atoms with E-state index in [0.29, 0.717) is 17.1 Å². The Labute approximate surface area is 144 Å². The van der Waals surface area contributed by atoms with E-state index in [0.717, 1.165) is 5.56 Å². The molecule has 0 amide bonds. The predicted molar refractivity (Wildman–Crippen MR) is 95.4 cm³/mol. The van der Waals surface area contributed by atoms with Crippen LogP contribution >= 0.6 is 0 Å². The van der Waals surface area contributed by atoms with E-state index in [4.69, 9.17) is 9.47 Å². The first-order chi connectivity index (χ1) is 12.0. The van der Waals surface area contributed by atoms with Gasteiger partial charge in [0.1, 0.15) is 11.5 Å². The lowest BCUT2D eigenvalue weighted by atomic mass is 10.1. The number of aromatic nitrogens is 2. The van der Waals surface area contributed by atoms with Crippen LogP contribution in [0.25, 0.3) is 11.1 Å². The second-order valence-electron chi connectivity index (χ2n) is 5.62. The fourth-order valence-electron chi connectivity index (χ4n) is 2.47. The van der Waals surface area contributed by atoms with Gasteiger partial charge < -0.3 is 18.6 Å². The Morgan fingerprint density at radius 1 is 0.920 bits per heavy atom. The van der Waals surface area contributed by atoms with E-state index in [1.807, 2.05) is 0 Å². The van der Waals surface area contributed by atoms with Crippen LogP contribution in [0.3, 0.4) is 0 Å². The highest BCUT2D eigenvalue weighted by Gasteiger charge is 2.14. The molecule has 0 atom stereocenters. The number of ether oxygens (including phenoxy) is 2. The molecule has 128 valence electrons. The summed E-state index contributed by atoms with van der Waals surface area (Å²) in [6.45, 7) is 0. The number of hydrogen-bond donors (Lipinski definition) is 0. The van der Waals surface area contributed by atoms with Gasteiger partial charge in [0, 0.05) is 49.7 Å². The monoisotopic (exact) mass is 338 g/mol. The lowest BCUT2D eigenvalue weighted by Gasteiger charge is -2.13. The number of methoxy groups -OCH3 is 1. The van der Waals surface area contributed by atoms with Crippen molar-refractivity contribution in [2.45, 2.75) is 0 Å². The van der Waals surface area contributed by atoms with Crippen LogP contribution in [0, 0.1) is 0 Å². The summed E-state index contributed by atoms with van der Waals surface area (Å²) < 4.78 is 14.0. The summed E-state index contributed by atoms with van der Waals surface area (Å²) in [5.74, 6) is 1.32. The molecule has 0 saturated carbocycles. The summed E-state index contributed by atoms with van der Waals surface area (Å²) in [5.41, 5.74) is 0.941. The molecule has 6 nitrogen and oxygen atoms in total. The average Bonchev–Trinajstić information content (AvgIpc) is 2.62. The molecule has 0 aliphatic carbocycles. The molecule has 0 N–H and O–H groups in total. The lowest BCUT2D eigenvalue weighted by Crippen LogP contribution is -2.19. The Kier molecular flexibility index (Phi) is 4.43. The molecule has 0 saturated heterocycles. The fourth-order valence-corrected chi connectivity index (χ4v) is 2.47. The van der Waals surface area contributed by atoms with Gasteiger partial charge in [-0.3, -0.25) is 9.59 Å². The highest BCUT2D eigenvalue weighted by molar-refractivity contribution is 5.69. The Hall–Kier alpha value is -3.28. The molecule has 0 aliphatic heterocycles. The van der Waals surface area contributed by atoms with Crippen molar-refractivity contribution in [3.05, 3.63) is 75.6 Å². The van der Waals surface area contributed by atoms with E-state index >= 15 is 0 Å². The minimum Gasteiger partial charge on any atom is -0.497 e. The molecular formula is C19H18N2O4. The van der Waals surface area contributed by atoms with Gasteiger partial charge in [-0.25, -0.2) is 0 Å². The smallest absolute Gasteiger partial charge is 0.293 e. The third kappa shape index (κ3) is 3.33. The van der Waals surface area contributed by atoms with Gasteiger partial charge in [-0.05, 0) is 24.3 Å². The van der Waals surface area contributed by atoms with Crippen molar-refractivity contribution in [3.8, 4) is 28.4 Å². The maximum atomic E-state index is 12.6. The number of benzene rings is 1. The minimum atomic E-state index is -0.269. The van der Waals surface area contributed by atoms with Crippen molar-refractivity contribution < 1.29 is 9.47 Å². The minimum absolute atomic E-state index is 0.122. The zero-order chi connectivity index (χ0) is 18.0. The summed E-state index contributed by atoms with van der Waals surface area (Å²) in [7, 11) is 4.89. The van der Waals surface area contributed by atoms with E-state index in [-0.39, 0.29) is 16.9 Å². The van der Waals surface area contributed by atoms with E-state index in [9.17, 15) is 9.59 Å². The zero-order valence-electron chi connectivity index (χ0n) is 14.2. The molecule has 1 aromatic carbocycles. The molecule has 0 unspecified atom stereocenters. The van der Waals surface area contributed by atoms with Crippen LogP contribution in [0.15, 0.2) is 64.4 Å². The Balaban J connectivity index is 2.14. The molecule has 3 rings (SSSR count). The number of rotatable bonds is 4. The first-order valence-corrected chi connectivity index (χ1v) is 7.68. The van der Waals surface area contributed by atoms with Gasteiger partial charge in [0.2, 0.25) is 5.56 Å². The summed E-state index contributed by atoms with van der Waals surface area (Å²) in [6.07, 6.45) is 3.34. The second-order valence-corrected chi connectivity index (χ2v) is 5.62. The lowest BCUT2D eigenvalue weighted by molar-refractivity contribution is 0.408. The van der Waals surface area contributed by atoms with E-state index in [2.05, 4.69) is 0 Å². The van der Waals surface area contributed by atoms with E-state index in [1.54, 1.807) is 70.0 Å². The van der Waals surface area contributed by atoms with Gasteiger partial charge in [0.05, 0.1) is 7.11 Å². The van der Waals surface area contributed by atoms with Crippen molar-refractivity contribution >= 4 is 0 Å². The number of hydrogen-bond acceptors (Lipinski definition) is 4. The average molecular weight is 338 g/mol. The van der Waals surface area contributed by atoms with Crippen molar-refractivity contribution in [1.29, 1.82) is 0 Å². The molecule has 2 heterocycles. The largest absolute Gasteiger partial charge is 0.497 e. The molecule has 0 radical (unpaired) electrons. The topological polar surface area (TPSA) is 62.5 Å². The molecule has 0 fully saturated rings. The molecule has 3 aromatic rings. The molecule has 0 aliphatic rings. The molecule has 0 spiro atoms. The van der Waals surface area contributed by atoms with Crippen LogP contribution in [0.5, 0.6) is 17.2 Å². The number of nitrogens with zero attached hydrogens (tertiary/aromatic N) is 2. The maximum Gasteiger partial charge on any atom is 0.293 e. The van der Waals surface area contributed by atoms with E-state index < -0.39 is 0 Å². The standard InChI is InChI=1S/C19H18N2O4/c1-20-10-9-16(13-7-8-17(22)21(2)12-13)18(19(20)23)25-15-6-4-5-14(11-15)24-3/h4-12H,1-3H3. The summed E-state index contributed by atoms with van der Waals surface area (Å²) >= 11 is 0. The van der Waals surface area contributed by atoms with Gasteiger partial charge in [0.25, 0.3) is 5.56 Å². The van der Waals surface area contributed by atoms with Gasteiger partial charge in [0.15, 0.2) is 5.75 Å². The van der Waals surface area contributed by atoms with Gasteiger partial charge in [-0.15, -0.1) is 0 Å². The summed E-state index contributed by atoms with van der Waals surface area (Å²) in [6, 6.07) is 12.0. The molecule has 2 aromatic heterocycles. The molecule has 6 heteroatoms. The van der Waals surface area contributed by atoms with Crippen LogP contribution in [0.2, 0.25) is 0 Å². The van der Waals surface area contributed by atoms with Crippen molar-refractivity contribution in [3.63, 3.8) is 0 Å². The molecular weight excluding hydrogens is 320 g/mol. The zero-order valence-corrected chi connectivity index (χ0v) is 14.2. The number of aryl methyl sites for hydroxylation is 2. The third-order valence-corrected chi connectivity index (χ3v) is 3.88. The fraction of sp³-hybridized carbons (Fsp3) is 0.158. The highest BCUT2D eigenvalue weighted by Crippen LogP contribution is 2.31. The van der Waals surface area contributed by atoms with Crippen molar-refractivity contribution in [1.82, 2.24) is 9.13 Å². The predicted octanol–water partition coefficient (Wildman–Crippen LogP) is 2.55. The summed E-state index contributed by atoms with van der Waals surface area (Å²) in [4.78, 5) is 24.2. The van der Waals surface area contributed by atoms with Crippen LogP contribution in [-0.4, -0.2) is 16.2 Å². The Bertz CT molecular complexity index is 1030.